The molecule has 10 aromatic rings. The lowest BCUT2D eigenvalue weighted by atomic mass is 9.84. The molecule has 1 heterocycles. The highest BCUT2D eigenvalue weighted by molar-refractivity contribution is 6.24. The van der Waals surface area contributed by atoms with Gasteiger partial charge < -0.3 is 4.42 Å². The number of hydrogen-bond donors (Lipinski definition) is 0. The first-order valence-corrected chi connectivity index (χ1v) is 16.2. The Kier molecular flexibility index (Phi) is 5.64. The number of benzene rings is 9. The number of hydrogen-bond acceptors (Lipinski definition) is 1. The average molecular weight is 597 g/mol. The molecule has 0 saturated heterocycles. The Balaban J connectivity index is 1.18. The summed E-state index contributed by atoms with van der Waals surface area (Å²) in [6.45, 7) is 0. The molecule has 47 heavy (non-hydrogen) atoms. The van der Waals surface area contributed by atoms with Crippen LogP contribution in [0.25, 0.3) is 98.4 Å². The van der Waals surface area contributed by atoms with Gasteiger partial charge in [-0.15, -0.1) is 0 Å². The van der Waals surface area contributed by atoms with Crippen molar-refractivity contribution in [2.24, 2.45) is 0 Å². The molecule has 0 aliphatic rings. The number of furan rings is 1. The fourth-order valence-corrected chi connectivity index (χ4v) is 7.82. The van der Waals surface area contributed by atoms with Gasteiger partial charge in [0.2, 0.25) is 0 Å². The van der Waals surface area contributed by atoms with Gasteiger partial charge in [-0.1, -0.05) is 158 Å². The normalized spacial score (nSPS) is 11.8. The monoisotopic (exact) mass is 596 g/mol. The van der Waals surface area contributed by atoms with Gasteiger partial charge in [-0.25, -0.2) is 0 Å². The summed E-state index contributed by atoms with van der Waals surface area (Å²) in [7, 11) is 0. The van der Waals surface area contributed by atoms with E-state index in [0.29, 0.717) is 0 Å². The zero-order chi connectivity index (χ0) is 30.9. The second-order valence-corrected chi connectivity index (χ2v) is 12.4. The van der Waals surface area contributed by atoms with Crippen molar-refractivity contribution in [2.75, 3.05) is 0 Å². The lowest BCUT2D eigenvalue weighted by molar-refractivity contribution is 0.669. The maximum atomic E-state index is 6.20. The van der Waals surface area contributed by atoms with Crippen LogP contribution in [-0.2, 0) is 0 Å². The van der Waals surface area contributed by atoms with Crippen molar-refractivity contribution in [3.8, 4) is 33.4 Å². The molecule has 0 aliphatic heterocycles. The van der Waals surface area contributed by atoms with Crippen LogP contribution in [0, 0.1) is 0 Å². The molecule has 0 amide bonds. The van der Waals surface area contributed by atoms with Gasteiger partial charge in [-0.2, -0.15) is 0 Å². The molecule has 0 fully saturated rings. The molecule has 1 nitrogen and oxygen atoms in total. The summed E-state index contributed by atoms with van der Waals surface area (Å²) in [5, 5.41) is 12.4. The smallest absolute Gasteiger partial charge is 0.136 e. The standard InChI is InChI=1S/C46H28O/c1-2-13-33-29(11-1)12-9-20-35(33)45-39-16-5-3-14-37(39)44(38-15-4-6-17-40(38)45)31-25-23-30(24-26-31)32-19-10-21-36-34(32)27-28-43-46(36)41-18-7-8-22-42(41)47-43/h1-28H. The fourth-order valence-electron chi connectivity index (χ4n) is 7.82. The first kappa shape index (κ1) is 26.1. The van der Waals surface area contributed by atoms with Crippen LogP contribution in [-0.4, -0.2) is 0 Å². The molecule has 218 valence electrons. The second kappa shape index (κ2) is 10.2. The molecule has 0 spiro atoms. The topological polar surface area (TPSA) is 13.1 Å². The van der Waals surface area contributed by atoms with Gasteiger partial charge in [0.15, 0.2) is 0 Å². The average Bonchev–Trinajstić information content (AvgIpc) is 3.53. The Hall–Kier alpha value is -6.18. The quantitative estimate of drug-likeness (QED) is 0.185. The molecule has 0 N–H and O–H groups in total. The van der Waals surface area contributed by atoms with E-state index in [-0.39, 0.29) is 0 Å². The largest absolute Gasteiger partial charge is 0.456 e. The van der Waals surface area contributed by atoms with Crippen molar-refractivity contribution in [1.29, 1.82) is 0 Å². The highest BCUT2D eigenvalue weighted by Gasteiger charge is 2.18. The van der Waals surface area contributed by atoms with E-state index < -0.39 is 0 Å². The fraction of sp³-hybridized carbons (Fsp3) is 0. The third-order valence-corrected chi connectivity index (χ3v) is 9.87. The second-order valence-electron chi connectivity index (χ2n) is 12.4. The molecule has 0 atom stereocenters. The molecular formula is C46H28O. The molecule has 10 rings (SSSR count). The van der Waals surface area contributed by atoms with E-state index in [2.05, 4.69) is 158 Å². The van der Waals surface area contributed by atoms with Crippen LogP contribution in [0.4, 0.5) is 0 Å². The van der Waals surface area contributed by atoms with E-state index in [4.69, 9.17) is 4.42 Å². The van der Waals surface area contributed by atoms with Gasteiger partial charge in [-0.3, -0.25) is 0 Å². The van der Waals surface area contributed by atoms with Crippen LogP contribution < -0.4 is 0 Å². The Morgan fingerprint density at radius 2 is 0.809 bits per heavy atom. The zero-order valence-corrected chi connectivity index (χ0v) is 25.6. The molecule has 9 aromatic carbocycles. The van der Waals surface area contributed by atoms with Crippen molar-refractivity contribution in [3.63, 3.8) is 0 Å². The maximum Gasteiger partial charge on any atom is 0.136 e. The molecule has 0 bridgehead atoms. The summed E-state index contributed by atoms with van der Waals surface area (Å²) in [4.78, 5) is 0. The minimum atomic E-state index is 0.927. The highest BCUT2D eigenvalue weighted by atomic mass is 16.3. The number of rotatable bonds is 3. The number of fused-ring (bicyclic) bond motifs is 8. The van der Waals surface area contributed by atoms with Crippen LogP contribution in [0.1, 0.15) is 0 Å². The summed E-state index contributed by atoms with van der Waals surface area (Å²) in [6, 6.07) is 61.6. The van der Waals surface area contributed by atoms with E-state index in [0.717, 1.165) is 16.6 Å². The zero-order valence-electron chi connectivity index (χ0n) is 25.6. The first-order chi connectivity index (χ1) is 23.3. The molecular weight excluding hydrogens is 569 g/mol. The van der Waals surface area contributed by atoms with Crippen molar-refractivity contribution < 1.29 is 4.42 Å². The van der Waals surface area contributed by atoms with Gasteiger partial charge in [0.1, 0.15) is 11.2 Å². The summed E-state index contributed by atoms with van der Waals surface area (Å²) in [6.07, 6.45) is 0. The summed E-state index contributed by atoms with van der Waals surface area (Å²) in [5.41, 5.74) is 9.34. The predicted molar refractivity (Wildman–Crippen MR) is 200 cm³/mol. The first-order valence-electron chi connectivity index (χ1n) is 16.2. The van der Waals surface area contributed by atoms with E-state index >= 15 is 0 Å². The lowest BCUT2D eigenvalue weighted by Crippen LogP contribution is -1.91. The number of para-hydroxylation sites is 1. The van der Waals surface area contributed by atoms with Crippen molar-refractivity contribution in [1.82, 2.24) is 0 Å². The van der Waals surface area contributed by atoms with Gasteiger partial charge >= 0.3 is 0 Å². The molecule has 0 unspecified atom stereocenters. The van der Waals surface area contributed by atoms with Crippen LogP contribution in [0.5, 0.6) is 0 Å². The molecule has 0 radical (unpaired) electrons. The molecule has 0 saturated carbocycles. The van der Waals surface area contributed by atoms with Crippen molar-refractivity contribution in [3.05, 3.63) is 170 Å². The van der Waals surface area contributed by atoms with Crippen molar-refractivity contribution in [2.45, 2.75) is 0 Å². The summed E-state index contributed by atoms with van der Waals surface area (Å²) < 4.78 is 6.20. The van der Waals surface area contributed by atoms with Crippen LogP contribution in [0.3, 0.4) is 0 Å². The molecule has 1 aromatic heterocycles. The summed E-state index contributed by atoms with van der Waals surface area (Å²) >= 11 is 0. The molecule has 0 aliphatic carbocycles. The maximum absolute atomic E-state index is 6.20. The minimum absolute atomic E-state index is 0.927. The minimum Gasteiger partial charge on any atom is -0.456 e. The third kappa shape index (κ3) is 3.90. The third-order valence-electron chi connectivity index (χ3n) is 9.87. The van der Waals surface area contributed by atoms with Gasteiger partial charge in [-0.05, 0) is 88.6 Å². The van der Waals surface area contributed by atoms with E-state index in [1.807, 2.05) is 12.1 Å². The SMILES string of the molecule is c1ccc2c(-c3c4ccccc4c(-c4ccc(-c5cccc6c5ccc5oc7ccccc7c56)cc4)c4ccccc34)cccc2c1. The van der Waals surface area contributed by atoms with Gasteiger partial charge in [0.05, 0.1) is 0 Å². The van der Waals surface area contributed by atoms with Crippen LogP contribution >= 0.6 is 0 Å². The Morgan fingerprint density at radius 3 is 1.55 bits per heavy atom. The predicted octanol–water partition coefficient (Wildman–Crippen LogP) is 13.2. The van der Waals surface area contributed by atoms with E-state index in [1.165, 1.54) is 81.9 Å². The van der Waals surface area contributed by atoms with Gasteiger partial charge in [0, 0.05) is 10.8 Å². The Morgan fingerprint density at radius 1 is 0.277 bits per heavy atom. The van der Waals surface area contributed by atoms with Crippen molar-refractivity contribution >= 4 is 65.0 Å². The molecule has 1 heteroatoms. The Bertz CT molecular complexity index is 2770. The van der Waals surface area contributed by atoms with Crippen LogP contribution in [0.2, 0.25) is 0 Å². The highest BCUT2D eigenvalue weighted by Crippen LogP contribution is 2.46. The van der Waals surface area contributed by atoms with E-state index in [9.17, 15) is 0 Å². The Labute approximate surface area is 271 Å². The lowest BCUT2D eigenvalue weighted by Gasteiger charge is -2.19. The summed E-state index contributed by atoms with van der Waals surface area (Å²) in [5.74, 6) is 0. The van der Waals surface area contributed by atoms with Crippen LogP contribution in [0.15, 0.2) is 174 Å². The van der Waals surface area contributed by atoms with E-state index in [1.54, 1.807) is 0 Å². The van der Waals surface area contributed by atoms with Gasteiger partial charge in [0.25, 0.3) is 0 Å².